The number of hydrogen-bond donors (Lipinski definition) is 1. The van der Waals surface area contributed by atoms with Gasteiger partial charge in [-0.1, -0.05) is 67.5 Å². The molecule has 5 heteroatoms. The summed E-state index contributed by atoms with van der Waals surface area (Å²) in [5.41, 5.74) is 10.2. The van der Waals surface area contributed by atoms with Gasteiger partial charge in [0.1, 0.15) is 0 Å². The molecule has 1 aliphatic heterocycles. The third kappa shape index (κ3) is 3.64. The lowest BCUT2D eigenvalue weighted by atomic mass is 9.89. The van der Waals surface area contributed by atoms with Crippen LogP contribution in [0.5, 0.6) is 0 Å². The number of nitrogen functional groups attached to an aromatic ring is 1. The molecule has 0 radical (unpaired) electrons. The van der Waals surface area contributed by atoms with Crippen LogP contribution in [0.3, 0.4) is 0 Å². The number of fused-ring (bicyclic) bond motifs is 1. The summed E-state index contributed by atoms with van der Waals surface area (Å²) in [7, 11) is 0. The lowest BCUT2D eigenvalue weighted by molar-refractivity contribution is 0.313. The summed E-state index contributed by atoms with van der Waals surface area (Å²) in [6, 6.07) is 14.3. The van der Waals surface area contributed by atoms with Gasteiger partial charge in [0.15, 0.2) is 0 Å². The van der Waals surface area contributed by atoms with Crippen molar-refractivity contribution in [2.24, 2.45) is 4.99 Å². The van der Waals surface area contributed by atoms with E-state index in [4.69, 9.17) is 22.3 Å². The van der Waals surface area contributed by atoms with Crippen molar-refractivity contribution in [1.29, 1.82) is 0 Å². The van der Waals surface area contributed by atoms with Crippen LogP contribution in [0.25, 0.3) is 0 Å². The monoisotopic (exact) mass is 387 g/mol. The number of anilines is 1. The molecule has 2 aromatic carbocycles. The quantitative estimate of drug-likeness (QED) is 0.647. The molecule has 0 saturated heterocycles. The zero-order valence-corrected chi connectivity index (χ0v) is 17.2. The fraction of sp³-hybridized carbons (Fsp3) is 0.381. The highest BCUT2D eigenvalue weighted by Gasteiger charge is 2.38. The minimum atomic E-state index is -0.300. The van der Waals surface area contributed by atoms with Gasteiger partial charge in [0.05, 0.1) is 26.2 Å². The molecule has 0 saturated carbocycles. The summed E-state index contributed by atoms with van der Waals surface area (Å²) in [5.74, 6) is 0. The van der Waals surface area contributed by atoms with E-state index >= 15 is 0 Å². The molecule has 2 N–H and O–H groups in total. The summed E-state index contributed by atoms with van der Waals surface area (Å²) in [6.45, 7) is 9.76. The van der Waals surface area contributed by atoms with Crippen LogP contribution in [0.1, 0.15) is 38.3 Å². The Balaban J connectivity index is 2.04. The van der Waals surface area contributed by atoms with Gasteiger partial charge in [0.25, 0.3) is 0 Å². The Labute approximate surface area is 165 Å². The zero-order valence-electron chi connectivity index (χ0n) is 15.6. The molecular weight excluding hydrogens is 362 g/mol. The number of benzene rings is 2. The topological polar surface area (TPSA) is 41.6 Å². The predicted octanol–water partition coefficient (Wildman–Crippen LogP) is 5.69. The average molecular weight is 388 g/mol. The summed E-state index contributed by atoms with van der Waals surface area (Å²) in [4.78, 5) is 7.35. The normalized spacial score (nSPS) is 19.3. The Kier molecular flexibility index (Phi) is 5.96. The van der Waals surface area contributed by atoms with E-state index in [1.165, 1.54) is 5.56 Å². The fourth-order valence-electron chi connectivity index (χ4n) is 3.48. The summed E-state index contributed by atoms with van der Waals surface area (Å²) < 4.78 is -0.300. The van der Waals surface area contributed by atoms with E-state index in [2.05, 4.69) is 49.9 Å². The fourth-order valence-corrected chi connectivity index (χ4v) is 5.02. The molecular formula is C21H26ClN3S. The highest BCUT2D eigenvalue weighted by Crippen LogP contribution is 2.54. The molecule has 1 unspecified atom stereocenters. The minimum absolute atomic E-state index is 0.300. The van der Waals surface area contributed by atoms with Crippen molar-refractivity contribution in [3.05, 3.63) is 58.6 Å². The average Bonchev–Trinajstić information content (AvgIpc) is 2.66. The van der Waals surface area contributed by atoms with Gasteiger partial charge in [-0.3, -0.25) is 0 Å². The van der Waals surface area contributed by atoms with E-state index in [-0.39, 0.29) is 4.75 Å². The van der Waals surface area contributed by atoms with Crippen molar-refractivity contribution in [2.45, 2.75) is 31.9 Å². The van der Waals surface area contributed by atoms with Gasteiger partial charge in [0, 0.05) is 18.5 Å². The Hall–Kier alpha value is -1.49. The first-order chi connectivity index (χ1) is 12.5. The van der Waals surface area contributed by atoms with Gasteiger partial charge in [-0.25, -0.2) is 4.99 Å². The molecule has 0 bridgehead atoms. The number of halogens is 1. The second kappa shape index (κ2) is 8.03. The number of hydrogen-bond acceptors (Lipinski definition) is 4. The molecule has 3 nitrogen and oxygen atoms in total. The lowest BCUT2D eigenvalue weighted by Gasteiger charge is -2.36. The number of aliphatic imine (C=N–C) groups is 1. The third-order valence-electron chi connectivity index (χ3n) is 5.08. The van der Waals surface area contributed by atoms with Crippen LogP contribution in [0, 0.1) is 0 Å². The molecule has 0 fully saturated rings. The maximum atomic E-state index is 6.40. The van der Waals surface area contributed by atoms with E-state index in [1.807, 2.05) is 18.2 Å². The lowest BCUT2D eigenvalue weighted by Crippen LogP contribution is -2.29. The van der Waals surface area contributed by atoms with Gasteiger partial charge in [-0.15, -0.1) is 0 Å². The Morgan fingerprint density at radius 2 is 1.81 bits per heavy atom. The number of thioether (sulfide) groups is 1. The van der Waals surface area contributed by atoms with Crippen molar-refractivity contribution >= 4 is 39.8 Å². The van der Waals surface area contributed by atoms with Crippen molar-refractivity contribution in [2.75, 3.05) is 25.4 Å². The first-order valence-electron chi connectivity index (χ1n) is 9.12. The molecule has 2 aromatic rings. The molecule has 1 heterocycles. The number of nitrogens with two attached hydrogens (primary N) is 1. The molecule has 0 aromatic heterocycles. The van der Waals surface area contributed by atoms with E-state index in [0.717, 1.165) is 42.3 Å². The van der Waals surface area contributed by atoms with Crippen molar-refractivity contribution in [1.82, 2.24) is 4.90 Å². The Bertz CT molecular complexity index is 802. The van der Waals surface area contributed by atoms with E-state index in [9.17, 15) is 0 Å². The van der Waals surface area contributed by atoms with Gasteiger partial charge in [0.2, 0.25) is 0 Å². The minimum Gasteiger partial charge on any atom is -0.397 e. The summed E-state index contributed by atoms with van der Waals surface area (Å²) in [5, 5.41) is 1.74. The first kappa shape index (κ1) is 19.3. The van der Waals surface area contributed by atoms with E-state index in [1.54, 1.807) is 11.8 Å². The maximum Gasteiger partial charge on any atom is 0.0763 e. The van der Waals surface area contributed by atoms with Crippen molar-refractivity contribution < 1.29 is 0 Å². The smallest absolute Gasteiger partial charge is 0.0763 e. The second-order valence-electron chi connectivity index (χ2n) is 6.64. The molecule has 1 aliphatic rings. The zero-order chi connectivity index (χ0) is 18.7. The molecule has 0 amide bonds. The molecule has 138 valence electrons. The molecule has 0 aliphatic carbocycles. The van der Waals surface area contributed by atoms with Crippen molar-refractivity contribution in [3.8, 4) is 0 Å². The van der Waals surface area contributed by atoms with Gasteiger partial charge in [-0.05, 0) is 37.7 Å². The highest BCUT2D eigenvalue weighted by atomic mass is 35.5. The van der Waals surface area contributed by atoms with Crippen LogP contribution in [0.15, 0.2) is 47.5 Å². The van der Waals surface area contributed by atoms with Crippen LogP contribution in [-0.2, 0) is 4.75 Å². The van der Waals surface area contributed by atoms with Gasteiger partial charge in [-0.2, -0.15) is 0 Å². The second-order valence-corrected chi connectivity index (χ2v) is 8.54. The number of rotatable bonds is 6. The summed E-state index contributed by atoms with van der Waals surface area (Å²) >= 11 is 8.15. The van der Waals surface area contributed by atoms with Crippen LogP contribution in [0.4, 0.5) is 11.4 Å². The van der Waals surface area contributed by atoms with Gasteiger partial charge >= 0.3 is 0 Å². The van der Waals surface area contributed by atoms with Gasteiger partial charge < -0.3 is 10.6 Å². The SMILES string of the molecule is CCN(CC)CCC1=Nc2ccc(Cl)c(N)c2C(C)(c2ccccc2)S1. The van der Waals surface area contributed by atoms with Crippen LogP contribution < -0.4 is 5.73 Å². The highest BCUT2D eigenvalue weighted by molar-refractivity contribution is 8.15. The van der Waals surface area contributed by atoms with Crippen molar-refractivity contribution in [3.63, 3.8) is 0 Å². The molecule has 26 heavy (non-hydrogen) atoms. The largest absolute Gasteiger partial charge is 0.397 e. The maximum absolute atomic E-state index is 6.40. The predicted molar refractivity (Wildman–Crippen MR) is 116 cm³/mol. The van der Waals surface area contributed by atoms with E-state index in [0.29, 0.717) is 10.7 Å². The Morgan fingerprint density at radius 3 is 2.46 bits per heavy atom. The van der Waals surface area contributed by atoms with E-state index < -0.39 is 0 Å². The molecule has 3 rings (SSSR count). The van der Waals surface area contributed by atoms with Crippen LogP contribution in [-0.4, -0.2) is 29.6 Å². The standard InChI is InChI=1S/C21H26ClN3S/c1-4-25(5-2)14-13-18-24-17-12-11-16(22)20(23)19(17)21(3,26-18)15-9-7-6-8-10-15/h6-12H,4-5,13-14,23H2,1-3H3. The first-order valence-corrected chi connectivity index (χ1v) is 10.3. The van der Waals surface area contributed by atoms with Crippen LogP contribution in [0.2, 0.25) is 5.02 Å². The molecule has 1 atom stereocenters. The Morgan fingerprint density at radius 1 is 1.12 bits per heavy atom. The van der Waals surface area contributed by atoms with Crippen LogP contribution >= 0.6 is 23.4 Å². The molecule has 0 spiro atoms. The summed E-state index contributed by atoms with van der Waals surface area (Å²) in [6.07, 6.45) is 0.941. The number of nitrogens with zero attached hydrogens (tertiary/aromatic N) is 2. The third-order valence-corrected chi connectivity index (χ3v) is 6.78.